The topological polar surface area (TPSA) is 134 Å². The van der Waals surface area contributed by atoms with Gasteiger partial charge in [0.15, 0.2) is 5.78 Å². The van der Waals surface area contributed by atoms with Crippen LogP contribution in [0.3, 0.4) is 0 Å². The zero-order valence-electron chi connectivity index (χ0n) is 17.6. The second kappa shape index (κ2) is 12.9. The van der Waals surface area contributed by atoms with Crippen molar-refractivity contribution in [3.05, 3.63) is 35.9 Å². The van der Waals surface area contributed by atoms with Crippen LogP contribution >= 0.6 is 7.72 Å². The van der Waals surface area contributed by atoms with Gasteiger partial charge in [-0.05, 0) is 31.2 Å². The Balaban J connectivity index is 2.69. The van der Waals surface area contributed by atoms with Crippen LogP contribution in [0.5, 0.6) is 0 Å². The van der Waals surface area contributed by atoms with E-state index in [0.29, 0.717) is 19.3 Å². The Hall–Kier alpha value is -1.53. The Kier molecular flexibility index (Phi) is 11.4. The average molecular weight is 429 g/mol. The highest BCUT2D eigenvalue weighted by atomic mass is 31.2. The van der Waals surface area contributed by atoms with E-state index in [0.717, 1.165) is 24.9 Å². The van der Waals surface area contributed by atoms with Crippen LogP contribution in [0.25, 0.3) is 0 Å². The van der Waals surface area contributed by atoms with Crippen molar-refractivity contribution < 1.29 is 30.2 Å². The van der Waals surface area contributed by atoms with Crippen LogP contribution in [-0.4, -0.2) is 45.3 Å². The minimum Gasteiger partial charge on any atom is -0.481 e. The monoisotopic (exact) mass is 428 g/mol. The molecule has 29 heavy (non-hydrogen) atoms. The average Bonchev–Trinajstić information content (AvgIpc) is 2.67. The molecule has 7 nitrogen and oxygen atoms in total. The molecule has 0 heterocycles. The zero-order valence-corrected chi connectivity index (χ0v) is 18.5. The molecular formula is C21H37N2O5P+2. The summed E-state index contributed by atoms with van der Waals surface area (Å²) in [6.07, 6.45) is 3.49. The van der Waals surface area contributed by atoms with E-state index in [4.69, 9.17) is 0 Å². The fraction of sp³-hybridized carbons (Fsp3) is 0.619. The van der Waals surface area contributed by atoms with Crippen molar-refractivity contribution in [1.29, 1.82) is 0 Å². The van der Waals surface area contributed by atoms with Gasteiger partial charge in [0.1, 0.15) is 6.16 Å². The summed E-state index contributed by atoms with van der Waals surface area (Å²) in [5.41, 5.74) is 4.80. The largest absolute Gasteiger partial charge is 0.481 e. The molecule has 1 aromatic carbocycles. The minimum absolute atomic E-state index is 0.214. The first kappa shape index (κ1) is 25.5. The Labute approximate surface area is 174 Å². The van der Waals surface area contributed by atoms with Crippen LogP contribution < -0.4 is 11.1 Å². The van der Waals surface area contributed by atoms with Gasteiger partial charge in [-0.1, -0.05) is 50.6 Å². The third kappa shape index (κ3) is 9.68. The summed E-state index contributed by atoms with van der Waals surface area (Å²) in [6, 6.07) is 9.60. The number of carbonyl (C=O) groups excluding carboxylic acids is 1. The molecule has 0 bridgehead atoms. The first-order valence-electron chi connectivity index (χ1n) is 10.4. The number of quaternary nitrogens is 1. The van der Waals surface area contributed by atoms with E-state index in [9.17, 15) is 24.5 Å². The number of aryl methyl sites for hydroxylation is 1. The summed E-state index contributed by atoms with van der Waals surface area (Å²) in [5, 5.41) is 12.3. The molecule has 164 valence electrons. The van der Waals surface area contributed by atoms with Crippen LogP contribution in [0, 0.1) is 11.8 Å². The van der Waals surface area contributed by atoms with E-state index in [2.05, 4.69) is 11.1 Å². The van der Waals surface area contributed by atoms with Gasteiger partial charge in [-0.3, -0.25) is 9.59 Å². The lowest BCUT2D eigenvalue weighted by molar-refractivity contribution is -0.368. The molecular weight excluding hydrogens is 391 g/mol. The molecule has 0 aliphatic heterocycles. The number of benzene rings is 1. The van der Waals surface area contributed by atoms with Gasteiger partial charge >= 0.3 is 5.97 Å². The summed E-state index contributed by atoms with van der Waals surface area (Å²) >= 11 is 0. The van der Waals surface area contributed by atoms with Gasteiger partial charge < -0.3 is 16.2 Å². The van der Waals surface area contributed by atoms with Crippen LogP contribution in [0.2, 0.25) is 0 Å². The third-order valence-corrected chi connectivity index (χ3v) is 7.60. The maximum Gasteiger partial charge on any atom is 0.310 e. The van der Waals surface area contributed by atoms with Crippen LogP contribution in [-0.2, 0) is 16.0 Å². The molecule has 0 saturated heterocycles. The Bertz CT molecular complexity index is 625. The predicted molar refractivity (Wildman–Crippen MR) is 115 cm³/mol. The molecule has 1 amide bonds. The van der Waals surface area contributed by atoms with E-state index in [1.165, 1.54) is 0 Å². The van der Waals surface area contributed by atoms with Crippen LogP contribution in [0.1, 0.15) is 51.5 Å². The molecule has 1 rings (SSSR count). The van der Waals surface area contributed by atoms with Crippen LogP contribution in [0.4, 0.5) is 0 Å². The van der Waals surface area contributed by atoms with Gasteiger partial charge in [0.2, 0.25) is 5.91 Å². The van der Waals surface area contributed by atoms with Crippen molar-refractivity contribution in [1.82, 2.24) is 5.32 Å². The Morgan fingerprint density at radius 1 is 1.10 bits per heavy atom. The van der Waals surface area contributed by atoms with E-state index in [1.807, 2.05) is 30.3 Å². The number of aliphatic carboxylic acids is 1. The SMILES string of the molecule is CC(C)[C@H](NC(=O)CCc1ccccc1)[P+](O)(O)C[C@@H](CCCCC[NH3+])C(=O)O. The molecule has 1 aromatic rings. The van der Waals surface area contributed by atoms with Crippen molar-refractivity contribution in [2.75, 3.05) is 12.7 Å². The summed E-state index contributed by atoms with van der Waals surface area (Å²) in [5.74, 6) is -3.18. The summed E-state index contributed by atoms with van der Waals surface area (Å²) in [6.45, 7) is 4.40. The summed E-state index contributed by atoms with van der Waals surface area (Å²) < 4.78 is 0. The molecule has 2 atom stereocenters. The first-order valence-corrected chi connectivity index (χ1v) is 12.3. The third-order valence-electron chi connectivity index (χ3n) is 5.01. The molecule has 0 aliphatic carbocycles. The standard InChI is InChI=1S/C21H35N2O5P/c1-16(2)20(23-19(24)13-12-17-9-5-3-6-10-17)29(27,28)15-18(21(25)26)11-7-4-8-14-22/h3,5-6,9-10,16,18,20,27-28H,4,7-8,11-15,22H2,1-2H3,(H-,23,24,25,26)/p+2/t18-,20-/m1/s1. The summed E-state index contributed by atoms with van der Waals surface area (Å²) in [4.78, 5) is 45.6. The highest BCUT2D eigenvalue weighted by Gasteiger charge is 2.49. The molecule has 0 spiro atoms. The van der Waals surface area contributed by atoms with E-state index < -0.39 is 25.4 Å². The van der Waals surface area contributed by atoms with E-state index in [-0.39, 0.29) is 24.4 Å². The highest BCUT2D eigenvalue weighted by molar-refractivity contribution is 7.65. The molecule has 0 aliphatic rings. The van der Waals surface area contributed by atoms with E-state index in [1.54, 1.807) is 13.8 Å². The van der Waals surface area contributed by atoms with Crippen molar-refractivity contribution >= 4 is 19.6 Å². The fourth-order valence-corrected chi connectivity index (χ4v) is 5.88. The number of carboxylic acid groups (broad SMARTS) is 1. The maximum absolute atomic E-state index is 12.4. The number of nitrogens with one attached hydrogen (secondary N) is 1. The smallest absolute Gasteiger partial charge is 0.310 e. The fourth-order valence-electron chi connectivity index (χ4n) is 3.36. The highest BCUT2D eigenvalue weighted by Crippen LogP contribution is 2.57. The normalized spacial score (nSPS) is 13.9. The van der Waals surface area contributed by atoms with Crippen molar-refractivity contribution in [2.45, 2.75) is 58.2 Å². The first-order chi connectivity index (χ1) is 13.7. The lowest BCUT2D eigenvalue weighted by atomic mass is 10.0. The van der Waals surface area contributed by atoms with Gasteiger partial charge in [-0.15, -0.1) is 0 Å². The van der Waals surface area contributed by atoms with Gasteiger partial charge in [0.05, 0.1) is 12.5 Å². The Morgan fingerprint density at radius 2 is 1.76 bits per heavy atom. The van der Waals surface area contributed by atoms with Gasteiger partial charge in [-0.25, -0.2) is 9.79 Å². The summed E-state index contributed by atoms with van der Waals surface area (Å²) in [7, 11) is -3.65. The van der Waals surface area contributed by atoms with Crippen molar-refractivity contribution in [2.24, 2.45) is 11.8 Å². The number of amides is 1. The number of hydrogen-bond acceptors (Lipinski definition) is 4. The second-order valence-electron chi connectivity index (χ2n) is 7.95. The van der Waals surface area contributed by atoms with Gasteiger partial charge in [0, 0.05) is 12.3 Å². The minimum atomic E-state index is -3.65. The Morgan fingerprint density at radius 3 is 2.31 bits per heavy atom. The zero-order chi connectivity index (χ0) is 21.9. The lowest BCUT2D eigenvalue weighted by Crippen LogP contribution is -2.50. The number of hydrogen-bond donors (Lipinski definition) is 5. The molecule has 7 N–H and O–H groups in total. The maximum atomic E-state index is 12.4. The number of carbonyl (C=O) groups is 2. The van der Waals surface area contributed by atoms with Gasteiger partial charge in [-0.2, -0.15) is 0 Å². The predicted octanol–water partition coefficient (Wildman–Crippen LogP) is 2.05. The second-order valence-corrected chi connectivity index (χ2v) is 10.4. The van der Waals surface area contributed by atoms with Crippen molar-refractivity contribution in [3.63, 3.8) is 0 Å². The van der Waals surface area contributed by atoms with Gasteiger partial charge in [0.25, 0.3) is 7.72 Å². The number of carboxylic acids is 1. The number of unbranched alkanes of at least 4 members (excludes halogenated alkanes) is 2. The molecule has 0 unspecified atom stereocenters. The molecule has 0 saturated carbocycles. The quantitative estimate of drug-likeness (QED) is 0.228. The number of rotatable bonds is 14. The van der Waals surface area contributed by atoms with Crippen molar-refractivity contribution in [3.8, 4) is 0 Å². The molecule has 0 aromatic heterocycles. The molecule has 0 radical (unpaired) electrons. The van der Waals surface area contributed by atoms with Crippen LogP contribution in [0.15, 0.2) is 30.3 Å². The molecule has 8 heteroatoms. The van der Waals surface area contributed by atoms with E-state index >= 15 is 0 Å². The molecule has 0 fully saturated rings. The lowest BCUT2D eigenvalue weighted by Gasteiger charge is -2.28.